The monoisotopic (exact) mass is 421 g/mol. The molecule has 2 unspecified atom stereocenters. The molecule has 158 valence electrons. The highest BCUT2D eigenvalue weighted by molar-refractivity contribution is 7.22. The van der Waals surface area contributed by atoms with E-state index in [0.29, 0.717) is 5.92 Å². The first-order valence-corrected chi connectivity index (χ1v) is 11.1. The zero-order valence-electron chi connectivity index (χ0n) is 18.2. The maximum absolute atomic E-state index is 4.63. The van der Waals surface area contributed by atoms with Crippen molar-refractivity contribution in [1.29, 1.82) is 0 Å². The number of para-hydroxylation sites is 1. The molecule has 4 rings (SSSR count). The summed E-state index contributed by atoms with van der Waals surface area (Å²) in [4.78, 5) is 8.74. The third-order valence-electron chi connectivity index (χ3n) is 4.70. The lowest BCUT2D eigenvalue weighted by Crippen LogP contribution is -2.18. The first-order valence-electron chi connectivity index (χ1n) is 10.3. The summed E-state index contributed by atoms with van der Waals surface area (Å²) in [5, 5.41) is 8.68. The molecule has 2 heterocycles. The van der Waals surface area contributed by atoms with E-state index in [4.69, 9.17) is 0 Å². The van der Waals surface area contributed by atoms with Crippen molar-refractivity contribution in [1.82, 2.24) is 19.7 Å². The minimum Gasteiger partial charge on any atom is -0.332 e. The molecule has 0 bridgehead atoms. The predicted molar refractivity (Wildman–Crippen MR) is 130 cm³/mol. The number of aromatic nitrogens is 4. The number of hydrogen-bond acceptors (Lipinski definition) is 5. The van der Waals surface area contributed by atoms with Gasteiger partial charge in [-0.25, -0.2) is 14.6 Å². The summed E-state index contributed by atoms with van der Waals surface area (Å²) >= 11 is 1.66. The average molecular weight is 422 g/mol. The fourth-order valence-electron chi connectivity index (χ4n) is 3.14. The molecule has 0 radical (unpaired) electrons. The minimum atomic E-state index is 0.194. The number of fused-ring (bicyclic) bond motifs is 1. The third kappa shape index (κ3) is 5.54. The summed E-state index contributed by atoms with van der Waals surface area (Å²) in [5.41, 5.74) is 3.30. The Morgan fingerprint density at radius 3 is 2.37 bits per heavy atom. The molecule has 0 fully saturated rings. The van der Waals surface area contributed by atoms with Gasteiger partial charge in [-0.3, -0.25) is 0 Å². The fraction of sp³-hybridized carbons (Fsp3) is 0.292. The summed E-state index contributed by atoms with van der Waals surface area (Å²) < 4.78 is 3.14. The zero-order valence-corrected chi connectivity index (χ0v) is 19.1. The van der Waals surface area contributed by atoms with Gasteiger partial charge in [0.15, 0.2) is 5.13 Å². The third-order valence-corrected chi connectivity index (χ3v) is 5.65. The molecule has 0 aliphatic carbocycles. The Hall–Kier alpha value is -2.99. The van der Waals surface area contributed by atoms with Gasteiger partial charge in [0.25, 0.3) is 0 Å². The molecule has 0 aliphatic rings. The van der Waals surface area contributed by atoms with Gasteiger partial charge in [-0.1, -0.05) is 69.7 Å². The van der Waals surface area contributed by atoms with E-state index in [2.05, 4.69) is 77.7 Å². The zero-order chi connectivity index (χ0) is 21.9. The summed E-state index contributed by atoms with van der Waals surface area (Å²) in [6, 6.07) is 16.9. The van der Waals surface area contributed by atoms with Crippen LogP contribution in [0.5, 0.6) is 0 Å². The molecule has 2 aromatic heterocycles. The first-order chi connectivity index (χ1) is 14.7. The molecule has 4 aromatic rings. The second kappa shape index (κ2) is 11.9. The van der Waals surface area contributed by atoms with Crippen LogP contribution in [-0.2, 0) is 0 Å². The molecule has 5 nitrogen and oxygen atoms in total. The van der Waals surface area contributed by atoms with E-state index in [-0.39, 0.29) is 6.04 Å². The number of nitrogens with zero attached hydrogens (tertiary/aromatic N) is 4. The minimum absolute atomic E-state index is 0.194. The number of rotatable bonds is 6. The molecule has 1 N–H and O–H groups in total. The van der Waals surface area contributed by atoms with Gasteiger partial charge in [0.2, 0.25) is 0 Å². The van der Waals surface area contributed by atoms with E-state index in [0.717, 1.165) is 22.8 Å². The molecular formula is C24H31N5S. The lowest BCUT2D eigenvalue weighted by atomic mass is 9.92. The van der Waals surface area contributed by atoms with Crippen LogP contribution >= 0.6 is 11.3 Å². The quantitative estimate of drug-likeness (QED) is 0.337. The normalized spacial score (nSPS) is 12.1. The van der Waals surface area contributed by atoms with E-state index >= 15 is 0 Å². The Bertz CT molecular complexity index is 959. The number of benzene rings is 2. The predicted octanol–water partition coefficient (Wildman–Crippen LogP) is 7.10. The highest BCUT2D eigenvalue weighted by atomic mass is 32.1. The van der Waals surface area contributed by atoms with Crippen LogP contribution in [0.15, 0.2) is 74.3 Å². The van der Waals surface area contributed by atoms with Gasteiger partial charge in [0.1, 0.15) is 12.7 Å². The van der Waals surface area contributed by atoms with Gasteiger partial charge in [0, 0.05) is 5.69 Å². The maximum atomic E-state index is 4.63. The van der Waals surface area contributed by atoms with Crippen molar-refractivity contribution in [2.75, 3.05) is 5.32 Å². The summed E-state index contributed by atoms with van der Waals surface area (Å²) in [6.07, 6.45) is 4.47. The molecule has 2 atom stereocenters. The van der Waals surface area contributed by atoms with Crippen LogP contribution in [-0.4, -0.2) is 19.7 Å². The molecule has 0 amide bonds. The second-order valence-corrected chi connectivity index (χ2v) is 7.47. The highest BCUT2D eigenvalue weighted by Gasteiger charge is 2.20. The van der Waals surface area contributed by atoms with Gasteiger partial charge in [-0.05, 0) is 35.7 Å². The fourth-order valence-corrected chi connectivity index (χ4v) is 4.03. The summed E-state index contributed by atoms with van der Waals surface area (Å²) in [7, 11) is 0. The second-order valence-electron chi connectivity index (χ2n) is 6.44. The molecule has 6 heteroatoms. The van der Waals surface area contributed by atoms with E-state index < -0.39 is 0 Å². The van der Waals surface area contributed by atoms with Crippen molar-refractivity contribution in [2.45, 2.75) is 40.2 Å². The van der Waals surface area contributed by atoms with Crippen molar-refractivity contribution in [3.05, 3.63) is 79.9 Å². The molecule has 2 aromatic carbocycles. The number of nitrogens with one attached hydrogen (secondary N) is 1. The van der Waals surface area contributed by atoms with Crippen LogP contribution in [0.25, 0.3) is 10.2 Å². The smallest absolute Gasteiger partial charge is 0.188 e. The molecule has 0 spiro atoms. The number of thiazole rings is 1. The Kier molecular flexibility index (Phi) is 9.22. The Morgan fingerprint density at radius 2 is 1.77 bits per heavy atom. The van der Waals surface area contributed by atoms with Crippen molar-refractivity contribution in [3.63, 3.8) is 0 Å². The van der Waals surface area contributed by atoms with Gasteiger partial charge >= 0.3 is 0 Å². The van der Waals surface area contributed by atoms with Crippen LogP contribution in [0, 0.1) is 5.92 Å². The van der Waals surface area contributed by atoms with Crippen LogP contribution in [0.3, 0.4) is 0 Å². The van der Waals surface area contributed by atoms with E-state index in [1.54, 1.807) is 24.0 Å². The SMILES string of the molecule is C=C.CC.CCC(C)C(c1ccc(Nc2nc3ccccc3s2)cc1)n1cncn1. The summed E-state index contributed by atoms with van der Waals surface area (Å²) in [6.45, 7) is 14.5. The summed E-state index contributed by atoms with van der Waals surface area (Å²) in [5.74, 6) is 0.472. The van der Waals surface area contributed by atoms with Gasteiger partial charge < -0.3 is 5.32 Å². The van der Waals surface area contributed by atoms with Crippen LogP contribution in [0.2, 0.25) is 0 Å². The Labute approximate surface area is 183 Å². The van der Waals surface area contributed by atoms with Crippen LogP contribution < -0.4 is 5.32 Å². The maximum Gasteiger partial charge on any atom is 0.188 e. The highest BCUT2D eigenvalue weighted by Crippen LogP contribution is 2.31. The Balaban J connectivity index is 0.000000757. The van der Waals surface area contributed by atoms with E-state index in [1.165, 1.54) is 10.3 Å². The molecule has 0 aliphatic heterocycles. The average Bonchev–Trinajstić information content (AvgIpc) is 3.47. The van der Waals surface area contributed by atoms with E-state index in [9.17, 15) is 0 Å². The molecule has 0 saturated heterocycles. The largest absolute Gasteiger partial charge is 0.332 e. The molecule has 0 saturated carbocycles. The van der Waals surface area contributed by atoms with Gasteiger partial charge in [-0.2, -0.15) is 5.10 Å². The van der Waals surface area contributed by atoms with Crippen LogP contribution in [0.4, 0.5) is 10.8 Å². The van der Waals surface area contributed by atoms with Crippen molar-refractivity contribution < 1.29 is 0 Å². The van der Waals surface area contributed by atoms with Crippen molar-refractivity contribution in [3.8, 4) is 0 Å². The standard InChI is InChI=1S/C20H21N5S.C2H6.C2H4/c1-3-14(2)19(25-13-21-12-22-25)15-8-10-16(11-9-15)23-20-24-17-6-4-5-7-18(17)26-20;2*1-2/h4-14,19H,3H2,1-2H3,(H,23,24);1-2H3;1-2H2. The Morgan fingerprint density at radius 1 is 1.07 bits per heavy atom. The molecule has 30 heavy (non-hydrogen) atoms. The lowest BCUT2D eigenvalue weighted by molar-refractivity contribution is 0.367. The van der Waals surface area contributed by atoms with Crippen molar-refractivity contribution in [2.24, 2.45) is 5.92 Å². The first kappa shape index (κ1) is 23.3. The van der Waals surface area contributed by atoms with Gasteiger partial charge in [-0.15, -0.1) is 13.2 Å². The topological polar surface area (TPSA) is 55.6 Å². The van der Waals surface area contributed by atoms with Crippen LogP contribution in [0.1, 0.15) is 45.7 Å². The van der Waals surface area contributed by atoms with E-state index in [1.807, 2.05) is 36.7 Å². The molecular weight excluding hydrogens is 390 g/mol. The van der Waals surface area contributed by atoms with Gasteiger partial charge in [0.05, 0.1) is 16.3 Å². The lowest BCUT2D eigenvalue weighted by Gasteiger charge is -2.23. The van der Waals surface area contributed by atoms with Crippen molar-refractivity contribution >= 4 is 32.4 Å². The number of hydrogen-bond donors (Lipinski definition) is 1. The number of anilines is 2.